The van der Waals surface area contributed by atoms with E-state index in [1.54, 1.807) is 7.11 Å². The zero-order chi connectivity index (χ0) is 11.2. The first-order valence-corrected chi connectivity index (χ1v) is 5.82. The third-order valence-electron chi connectivity index (χ3n) is 2.61. The van der Waals surface area contributed by atoms with E-state index in [2.05, 4.69) is 5.32 Å². The number of hydrogen-bond acceptors (Lipinski definition) is 3. The minimum Gasteiger partial charge on any atom is -0.487 e. The van der Waals surface area contributed by atoms with Crippen LogP contribution in [0.15, 0.2) is 30.3 Å². The molecule has 88 valence electrons. The molecule has 1 saturated carbocycles. The maximum atomic E-state index is 5.85. The summed E-state index contributed by atoms with van der Waals surface area (Å²) in [6.45, 7) is 1.47. The fraction of sp³-hybridized carbons (Fsp3) is 0.538. The Kier molecular flexibility index (Phi) is 4.19. The Balaban J connectivity index is 1.80. The fourth-order valence-corrected chi connectivity index (χ4v) is 1.60. The first-order valence-electron chi connectivity index (χ1n) is 5.82. The molecule has 16 heavy (non-hydrogen) atoms. The van der Waals surface area contributed by atoms with E-state index in [1.165, 1.54) is 12.8 Å². The van der Waals surface area contributed by atoms with E-state index in [-0.39, 0.29) is 6.10 Å². The molecular weight excluding hydrogens is 202 g/mol. The molecule has 0 aliphatic heterocycles. The molecule has 3 nitrogen and oxygen atoms in total. The highest BCUT2D eigenvalue weighted by atomic mass is 16.5. The van der Waals surface area contributed by atoms with Crippen LogP contribution in [0.25, 0.3) is 0 Å². The van der Waals surface area contributed by atoms with Crippen LogP contribution >= 0.6 is 0 Å². The molecule has 1 aromatic carbocycles. The standard InChI is InChI=1S/C13H19NO2/c1-15-10-13(9-14-11-7-8-11)16-12-5-3-2-4-6-12/h2-6,11,13-14H,7-10H2,1H3. The van der Waals surface area contributed by atoms with Gasteiger partial charge in [0.15, 0.2) is 0 Å². The molecule has 0 saturated heterocycles. The van der Waals surface area contributed by atoms with Gasteiger partial charge in [-0.3, -0.25) is 0 Å². The number of benzene rings is 1. The minimum absolute atomic E-state index is 0.0907. The van der Waals surface area contributed by atoms with Crippen molar-refractivity contribution in [2.24, 2.45) is 0 Å². The van der Waals surface area contributed by atoms with Crippen LogP contribution in [0.1, 0.15) is 12.8 Å². The number of ether oxygens (including phenoxy) is 2. The monoisotopic (exact) mass is 221 g/mol. The lowest BCUT2D eigenvalue weighted by molar-refractivity contribution is 0.0804. The minimum atomic E-state index is 0.0907. The van der Waals surface area contributed by atoms with Gasteiger partial charge in [-0.25, -0.2) is 0 Å². The van der Waals surface area contributed by atoms with Crippen LogP contribution in [0.2, 0.25) is 0 Å². The molecule has 1 aliphatic rings. The Hall–Kier alpha value is -1.06. The van der Waals surface area contributed by atoms with Gasteiger partial charge in [-0.05, 0) is 25.0 Å². The molecule has 1 aliphatic carbocycles. The van der Waals surface area contributed by atoms with Crippen molar-refractivity contribution in [2.75, 3.05) is 20.3 Å². The highest BCUT2D eigenvalue weighted by Gasteiger charge is 2.22. The molecule has 3 heteroatoms. The molecular formula is C13H19NO2. The van der Waals surface area contributed by atoms with Crippen LogP contribution < -0.4 is 10.1 Å². The van der Waals surface area contributed by atoms with Gasteiger partial charge < -0.3 is 14.8 Å². The second-order valence-corrected chi connectivity index (χ2v) is 4.19. The van der Waals surface area contributed by atoms with Gasteiger partial charge in [0.2, 0.25) is 0 Å². The molecule has 1 fully saturated rings. The van der Waals surface area contributed by atoms with Gasteiger partial charge in [-0.15, -0.1) is 0 Å². The van der Waals surface area contributed by atoms with Crippen molar-refractivity contribution in [1.29, 1.82) is 0 Å². The molecule has 0 spiro atoms. The van der Waals surface area contributed by atoms with Gasteiger partial charge in [0.05, 0.1) is 6.61 Å². The molecule has 1 N–H and O–H groups in total. The maximum Gasteiger partial charge on any atom is 0.134 e. The van der Waals surface area contributed by atoms with Crippen LogP contribution in [0.5, 0.6) is 5.75 Å². The average molecular weight is 221 g/mol. The predicted octanol–water partition coefficient (Wildman–Crippen LogP) is 1.83. The SMILES string of the molecule is COCC(CNC1CC1)Oc1ccccc1. The van der Waals surface area contributed by atoms with Gasteiger partial charge in [0, 0.05) is 19.7 Å². The molecule has 0 heterocycles. The quantitative estimate of drug-likeness (QED) is 0.762. The first kappa shape index (κ1) is 11.4. The topological polar surface area (TPSA) is 30.5 Å². The number of nitrogens with one attached hydrogen (secondary N) is 1. The van der Waals surface area contributed by atoms with E-state index < -0.39 is 0 Å². The summed E-state index contributed by atoms with van der Waals surface area (Å²) in [5, 5.41) is 3.46. The Morgan fingerprint density at radius 3 is 2.69 bits per heavy atom. The van der Waals surface area contributed by atoms with Crippen molar-refractivity contribution in [1.82, 2.24) is 5.32 Å². The zero-order valence-corrected chi connectivity index (χ0v) is 9.69. The molecule has 1 aromatic rings. The summed E-state index contributed by atoms with van der Waals surface area (Å²) in [6, 6.07) is 10.6. The summed E-state index contributed by atoms with van der Waals surface area (Å²) >= 11 is 0. The maximum absolute atomic E-state index is 5.85. The number of methoxy groups -OCH3 is 1. The van der Waals surface area contributed by atoms with Crippen molar-refractivity contribution in [3.8, 4) is 5.75 Å². The molecule has 0 radical (unpaired) electrons. The van der Waals surface area contributed by atoms with E-state index in [0.717, 1.165) is 12.3 Å². The van der Waals surface area contributed by atoms with E-state index in [4.69, 9.17) is 9.47 Å². The van der Waals surface area contributed by atoms with E-state index in [0.29, 0.717) is 12.6 Å². The summed E-state index contributed by atoms with van der Waals surface area (Å²) in [5.41, 5.74) is 0. The van der Waals surface area contributed by atoms with Gasteiger partial charge >= 0.3 is 0 Å². The highest BCUT2D eigenvalue weighted by molar-refractivity contribution is 5.21. The molecule has 1 atom stereocenters. The Labute approximate surface area is 96.8 Å². The van der Waals surface area contributed by atoms with Crippen LogP contribution in [0.4, 0.5) is 0 Å². The van der Waals surface area contributed by atoms with Crippen LogP contribution in [-0.4, -0.2) is 32.4 Å². The third-order valence-corrected chi connectivity index (χ3v) is 2.61. The van der Waals surface area contributed by atoms with Gasteiger partial charge in [0.25, 0.3) is 0 Å². The third kappa shape index (κ3) is 3.83. The lowest BCUT2D eigenvalue weighted by Crippen LogP contribution is -2.35. The van der Waals surface area contributed by atoms with E-state index in [1.807, 2.05) is 30.3 Å². The Morgan fingerprint density at radius 2 is 2.06 bits per heavy atom. The van der Waals surface area contributed by atoms with E-state index >= 15 is 0 Å². The summed E-state index contributed by atoms with van der Waals surface area (Å²) in [7, 11) is 1.71. The summed E-state index contributed by atoms with van der Waals surface area (Å²) in [6.07, 6.45) is 2.68. The van der Waals surface area contributed by atoms with E-state index in [9.17, 15) is 0 Å². The normalized spacial score (nSPS) is 17.1. The van der Waals surface area contributed by atoms with Crippen molar-refractivity contribution in [3.05, 3.63) is 30.3 Å². The predicted molar refractivity (Wildman–Crippen MR) is 63.8 cm³/mol. The van der Waals surface area contributed by atoms with Crippen molar-refractivity contribution < 1.29 is 9.47 Å². The van der Waals surface area contributed by atoms with Gasteiger partial charge in [0.1, 0.15) is 11.9 Å². The lowest BCUT2D eigenvalue weighted by Gasteiger charge is -2.18. The Morgan fingerprint density at radius 1 is 1.31 bits per heavy atom. The summed E-state index contributed by atoms with van der Waals surface area (Å²) < 4.78 is 11.0. The summed E-state index contributed by atoms with van der Waals surface area (Å²) in [5.74, 6) is 0.905. The summed E-state index contributed by atoms with van der Waals surface area (Å²) in [4.78, 5) is 0. The second kappa shape index (κ2) is 5.87. The van der Waals surface area contributed by atoms with Crippen molar-refractivity contribution in [3.63, 3.8) is 0 Å². The highest BCUT2D eigenvalue weighted by Crippen LogP contribution is 2.19. The first-order chi connectivity index (χ1) is 7.88. The van der Waals surface area contributed by atoms with Gasteiger partial charge in [-0.1, -0.05) is 18.2 Å². The van der Waals surface area contributed by atoms with Crippen molar-refractivity contribution >= 4 is 0 Å². The number of rotatable bonds is 7. The van der Waals surface area contributed by atoms with Crippen LogP contribution in [0.3, 0.4) is 0 Å². The number of para-hydroxylation sites is 1. The molecule has 2 rings (SSSR count). The Bertz CT molecular complexity index is 298. The second-order valence-electron chi connectivity index (χ2n) is 4.19. The fourth-order valence-electron chi connectivity index (χ4n) is 1.60. The van der Waals surface area contributed by atoms with Crippen LogP contribution in [0, 0.1) is 0 Å². The molecule has 0 aromatic heterocycles. The largest absolute Gasteiger partial charge is 0.487 e. The number of hydrogen-bond donors (Lipinski definition) is 1. The average Bonchev–Trinajstić information content (AvgIpc) is 3.11. The molecule has 0 amide bonds. The molecule has 0 bridgehead atoms. The van der Waals surface area contributed by atoms with Gasteiger partial charge in [-0.2, -0.15) is 0 Å². The molecule has 1 unspecified atom stereocenters. The van der Waals surface area contributed by atoms with Crippen LogP contribution in [-0.2, 0) is 4.74 Å². The smallest absolute Gasteiger partial charge is 0.134 e. The van der Waals surface area contributed by atoms with Crippen molar-refractivity contribution in [2.45, 2.75) is 25.0 Å². The zero-order valence-electron chi connectivity index (χ0n) is 9.69. The lowest BCUT2D eigenvalue weighted by atomic mass is 10.3.